The van der Waals surface area contributed by atoms with Gasteiger partial charge in [0, 0.05) is 39.3 Å². The van der Waals surface area contributed by atoms with Gasteiger partial charge < -0.3 is 10.0 Å². The number of aliphatic hydroxyl groups is 1. The maximum atomic E-state index is 12.0. The van der Waals surface area contributed by atoms with Crippen molar-refractivity contribution in [3.63, 3.8) is 0 Å². The fourth-order valence-electron chi connectivity index (χ4n) is 1.80. The molecule has 0 unspecified atom stereocenters. The quantitative estimate of drug-likeness (QED) is 0.793. The van der Waals surface area contributed by atoms with E-state index in [4.69, 9.17) is 5.11 Å². The van der Waals surface area contributed by atoms with Crippen LogP contribution >= 0.6 is 0 Å². The van der Waals surface area contributed by atoms with Gasteiger partial charge in [-0.15, -0.1) is 0 Å². The largest absolute Gasteiger partial charge is 0.397 e. The average Bonchev–Trinajstić information content (AvgIpc) is 2.24. The molecular formula is C10H17F3N2O2. The Kier molecular flexibility index (Phi) is 5.20. The number of alkyl halides is 3. The lowest BCUT2D eigenvalue weighted by atomic mass is 10.2. The van der Waals surface area contributed by atoms with Crippen molar-refractivity contribution in [3.05, 3.63) is 0 Å². The Hall–Kier alpha value is -0.820. The van der Waals surface area contributed by atoms with Crippen molar-refractivity contribution in [3.8, 4) is 0 Å². The molecule has 1 saturated heterocycles. The first-order valence-corrected chi connectivity index (χ1v) is 5.60. The second-order valence-corrected chi connectivity index (χ2v) is 4.09. The summed E-state index contributed by atoms with van der Waals surface area (Å²) in [6, 6.07) is 0. The Bertz CT molecular complexity index is 250. The Balaban J connectivity index is 2.29. The first kappa shape index (κ1) is 14.2. The predicted octanol–water partition coefficient (Wildman–Crippen LogP) is 0.465. The lowest BCUT2D eigenvalue weighted by Gasteiger charge is -2.34. The molecule has 0 aromatic rings. The number of hydrogen-bond donors (Lipinski definition) is 1. The molecule has 0 bridgehead atoms. The van der Waals surface area contributed by atoms with E-state index < -0.39 is 18.5 Å². The summed E-state index contributed by atoms with van der Waals surface area (Å²) in [6.45, 7) is 2.64. The fraction of sp³-hybridized carbons (Fsp3) is 0.900. The zero-order chi connectivity index (χ0) is 12.9. The zero-order valence-electron chi connectivity index (χ0n) is 9.54. The molecule has 0 atom stereocenters. The lowest BCUT2D eigenvalue weighted by molar-refractivity contribution is -0.162. The van der Waals surface area contributed by atoms with Crippen LogP contribution in [0.1, 0.15) is 12.8 Å². The summed E-state index contributed by atoms with van der Waals surface area (Å²) in [5.74, 6) is -0.848. The molecule has 0 spiro atoms. The first-order chi connectivity index (χ1) is 7.92. The third kappa shape index (κ3) is 5.36. The summed E-state index contributed by atoms with van der Waals surface area (Å²) < 4.78 is 36.1. The van der Waals surface area contributed by atoms with E-state index in [9.17, 15) is 18.0 Å². The molecule has 1 amide bonds. The van der Waals surface area contributed by atoms with E-state index in [1.165, 1.54) is 4.90 Å². The molecule has 0 saturated carbocycles. The smallest absolute Gasteiger partial charge is 0.396 e. The number of nitrogens with zero attached hydrogens (tertiary/aromatic N) is 2. The van der Waals surface area contributed by atoms with Gasteiger partial charge in [-0.2, -0.15) is 13.2 Å². The molecule has 1 fully saturated rings. The number of carbonyl (C=O) groups is 1. The standard InChI is InChI=1S/C10H17F3N2O2/c11-10(12,13)8-9(17)15-5-3-14(4-6-15)2-1-7-16/h16H,1-8H2. The minimum atomic E-state index is -4.43. The summed E-state index contributed by atoms with van der Waals surface area (Å²) in [4.78, 5) is 14.6. The van der Waals surface area contributed by atoms with Gasteiger partial charge in [-0.05, 0) is 6.42 Å². The van der Waals surface area contributed by atoms with E-state index in [2.05, 4.69) is 0 Å². The second-order valence-electron chi connectivity index (χ2n) is 4.09. The first-order valence-electron chi connectivity index (χ1n) is 5.60. The maximum Gasteiger partial charge on any atom is 0.397 e. The van der Waals surface area contributed by atoms with E-state index in [-0.39, 0.29) is 6.61 Å². The number of aliphatic hydroxyl groups excluding tert-OH is 1. The van der Waals surface area contributed by atoms with E-state index in [0.29, 0.717) is 32.6 Å². The van der Waals surface area contributed by atoms with E-state index in [1.807, 2.05) is 4.90 Å². The third-order valence-corrected chi connectivity index (χ3v) is 2.71. The maximum absolute atomic E-state index is 12.0. The van der Waals surface area contributed by atoms with Crippen LogP contribution in [0.15, 0.2) is 0 Å². The molecule has 1 aliphatic heterocycles. The van der Waals surface area contributed by atoms with Crippen molar-refractivity contribution >= 4 is 5.91 Å². The SMILES string of the molecule is O=C(CC(F)(F)F)N1CCN(CCCO)CC1. The van der Waals surface area contributed by atoms with Crippen molar-refractivity contribution in [1.82, 2.24) is 9.80 Å². The van der Waals surface area contributed by atoms with Gasteiger partial charge in [-0.25, -0.2) is 0 Å². The van der Waals surface area contributed by atoms with Gasteiger partial charge in [-0.3, -0.25) is 9.69 Å². The van der Waals surface area contributed by atoms with Crippen molar-refractivity contribution in [1.29, 1.82) is 0 Å². The van der Waals surface area contributed by atoms with Crippen LogP contribution in [0.5, 0.6) is 0 Å². The van der Waals surface area contributed by atoms with Crippen LogP contribution in [0.3, 0.4) is 0 Å². The topological polar surface area (TPSA) is 43.8 Å². The highest BCUT2D eigenvalue weighted by molar-refractivity contribution is 5.76. The summed E-state index contributed by atoms with van der Waals surface area (Å²) in [6.07, 6.45) is -5.15. The number of halogens is 3. The van der Waals surface area contributed by atoms with Crippen LogP contribution in [0.2, 0.25) is 0 Å². The zero-order valence-corrected chi connectivity index (χ0v) is 9.54. The number of amides is 1. The van der Waals surface area contributed by atoms with Gasteiger partial charge in [0.1, 0.15) is 6.42 Å². The van der Waals surface area contributed by atoms with Crippen molar-refractivity contribution in [2.24, 2.45) is 0 Å². The highest BCUT2D eigenvalue weighted by atomic mass is 19.4. The minimum absolute atomic E-state index is 0.104. The molecule has 17 heavy (non-hydrogen) atoms. The van der Waals surface area contributed by atoms with Crippen LogP contribution in [-0.2, 0) is 4.79 Å². The van der Waals surface area contributed by atoms with E-state index >= 15 is 0 Å². The summed E-state index contributed by atoms with van der Waals surface area (Å²) >= 11 is 0. The van der Waals surface area contributed by atoms with E-state index in [0.717, 1.165) is 6.54 Å². The molecule has 1 aliphatic rings. The van der Waals surface area contributed by atoms with Crippen molar-refractivity contribution in [2.45, 2.75) is 19.0 Å². The molecule has 1 N–H and O–H groups in total. The number of rotatable bonds is 4. The van der Waals surface area contributed by atoms with Crippen molar-refractivity contribution in [2.75, 3.05) is 39.3 Å². The molecule has 1 heterocycles. The molecule has 4 nitrogen and oxygen atoms in total. The highest BCUT2D eigenvalue weighted by Gasteiger charge is 2.34. The monoisotopic (exact) mass is 254 g/mol. The molecule has 0 aromatic heterocycles. The molecule has 1 rings (SSSR count). The average molecular weight is 254 g/mol. The van der Waals surface area contributed by atoms with Gasteiger partial charge in [0.05, 0.1) is 0 Å². The van der Waals surface area contributed by atoms with Crippen molar-refractivity contribution < 1.29 is 23.1 Å². The predicted molar refractivity (Wildman–Crippen MR) is 55.4 cm³/mol. The van der Waals surface area contributed by atoms with Gasteiger partial charge in [0.25, 0.3) is 0 Å². The van der Waals surface area contributed by atoms with Crippen LogP contribution in [-0.4, -0.2) is 66.3 Å². The normalized spacial score (nSPS) is 18.5. The molecule has 7 heteroatoms. The van der Waals surface area contributed by atoms with Gasteiger partial charge >= 0.3 is 6.18 Å². The van der Waals surface area contributed by atoms with Gasteiger partial charge in [0.2, 0.25) is 5.91 Å². The summed E-state index contributed by atoms with van der Waals surface area (Å²) in [5, 5.41) is 8.65. The Labute approximate surface area is 98.0 Å². The fourth-order valence-corrected chi connectivity index (χ4v) is 1.80. The number of carbonyl (C=O) groups excluding carboxylic acids is 1. The molecular weight excluding hydrogens is 237 g/mol. The Morgan fingerprint density at radius 3 is 2.24 bits per heavy atom. The third-order valence-electron chi connectivity index (χ3n) is 2.71. The van der Waals surface area contributed by atoms with Crippen LogP contribution in [0.4, 0.5) is 13.2 Å². The second kappa shape index (κ2) is 6.20. The highest BCUT2D eigenvalue weighted by Crippen LogP contribution is 2.21. The Morgan fingerprint density at radius 2 is 1.76 bits per heavy atom. The van der Waals surface area contributed by atoms with E-state index in [1.54, 1.807) is 0 Å². The lowest BCUT2D eigenvalue weighted by Crippen LogP contribution is -2.49. The van der Waals surface area contributed by atoms with Crippen LogP contribution in [0, 0.1) is 0 Å². The van der Waals surface area contributed by atoms with Crippen LogP contribution in [0.25, 0.3) is 0 Å². The summed E-state index contributed by atoms with van der Waals surface area (Å²) in [7, 11) is 0. The van der Waals surface area contributed by atoms with Gasteiger partial charge in [0.15, 0.2) is 0 Å². The molecule has 0 aromatic carbocycles. The Morgan fingerprint density at radius 1 is 1.18 bits per heavy atom. The minimum Gasteiger partial charge on any atom is -0.396 e. The summed E-state index contributed by atoms with van der Waals surface area (Å²) in [5.41, 5.74) is 0. The number of piperazine rings is 1. The van der Waals surface area contributed by atoms with Gasteiger partial charge in [-0.1, -0.05) is 0 Å². The molecule has 0 aliphatic carbocycles. The molecule has 100 valence electrons. The van der Waals surface area contributed by atoms with Crippen LogP contribution < -0.4 is 0 Å². The molecule has 0 radical (unpaired) electrons. The number of hydrogen-bond acceptors (Lipinski definition) is 3.